The predicted molar refractivity (Wildman–Crippen MR) is 118 cm³/mol. The second kappa shape index (κ2) is 7.86. The van der Waals surface area contributed by atoms with Crippen molar-refractivity contribution in [1.29, 1.82) is 0 Å². The van der Waals surface area contributed by atoms with Crippen LogP contribution in [0.25, 0.3) is 0 Å². The van der Waals surface area contributed by atoms with Crippen molar-refractivity contribution in [3.05, 3.63) is 77.4 Å². The van der Waals surface area contributed by atoms with Crippen molar-refractivity contribution in [2.24, 2.45) is 17.3 Å². The highest BCUT2D eigenvalue weighted by molar-refractivity contribution is 5.41. The zero-order chi connectivity index (χ0) is 20.7. The summed E-state index contributed by atoms with van der Waals surface area (Å²) in [4.78, 5) is 0. The molecule has 0 radical (unpaired) electrons. The minimum Gasteiger partial charge on any atom is -0.489 e. The smallest absolute Gasteiger partial charge is 0.152 e. The summed E-state index contributed by atoms with van der Waals surface area (Å²) in [6, 6.07) is 17.1. The SMILES string of the molecule is CC(O)OC1C=CC2C3CCc4cc(OCc5ccccc5)ccc4C3CCC12C. The van der Waals surface area contributed by atoms with Gasteiger partial charge in [0.2, 0.25) is 0 Å². The molecule has 0 aromatic heterocycles. The van der Waals surface area contributed by atoms with Crippen molar-refractivity contribution in [1.82, 2.24) is 0 Å². The van der Waals surface area contributed by atoms with E-state index >= 15 is 0 Å². The molecule has 3 heteroatoms. The predicted octanol–water partition coefficient (Wildman–Crippen LogP) is 5.62. The Morgan fingerprint density at radius 3 is 2.73 bits per heavy atom. The molecule has 6 atom stereocenters. The molecule has 158 valence electrons. The van der Waals surface area contributed by atoms with Gasteiger partial charge in [-0.25, -0.2) is 0 Å². The number of rotatable bonds is 5. The van der Waals surface area contributed by atoms with Crippen molar-refractivity contribution in [3.8, 4) is 5.75 Å². The summed E-state index contributed by atoms with van der Waals surface area (Å²) >= 11 is 0. The number of aryl methyl sites for hydroxylation is 1. The van der Waals surface area contributed by atoms with Gasteiger partial charge in [-0.2, -0.15) is 0 Å². The number of hydrogen-bond donors (Lipinski definition) is 1. The molecule has 0 saturated heterocycles. The standard InChI is InChI=1S/C27H32O3/c1-18(28)30-26-13-12-25-24-10-8-20-16-21(29-17-19-6-4-3-5-7-19)9-11-22(20)23(24)14-15-27(25,26)2/h3-7,9,11-13,16,18,23-26,28H,8,10,14-15,17H2,1-2H3. The maximum absolute atomic E-state index is 9.75. The molecule has 30 heavy (non-hydrogen) atoms. The zero-order valence-electron chi connectivity index (χ0n) is 18.0. The Balaban J connectivity index is 1.32. The third-order valence-corrected chi connectivity index (χ3v) is 7.73. The van der Waals surface area contributed by atoms with E-state index in [1.807, 2.05) is 6.07 Å². The van der Waals surface area contributed by atoms with Crippen molar-refractivity contribution < 1.29 is 14.6 Å². The minimum atomic E-state index is -0.714. The van der Waals surface area contributed by atoms with Gasteiger partial charge in [-0.3, -0.25) is 0 Å². The maximum Gasteiger partial charge on any atom is 0.152 e. The van der Waals surface area contributed by atoms with Crippen LogP contribution in [-0.4, -0.2) is 17.5 Å². The number of aliphatic hydroxyl groups excluding tert-OH is 1. The van der Waals surface area contributed by atoms with Gasteiger partial charge in [0.05, 0.1) is 6.10 Å². The van der Waals surface area contributed by atoms with E-state index in [2.05, 4.69) is 61.5 Å². The molecule has 2 aromatic rings. The highest BCUT2D eigenvalue weighted by atomic mass is 16.6. The molecular formula is C27H32O3. The number of aliphatic hydroxyl groups is 1. The molecule has 1 saturated carbocycles. The van der Waals surface area contributed by atoms with Gasteiger partial charge in [0.1, 0.15) is 12.4 Å². The third kappa shape index (κ3) is 3.48. The van der Waals surface area contributed by atoms with Gasteiger partial charge >= 0.3 is 0 Å². The normalized spacial score (nSPS) is 32.8. The molecule has 1 fully saturated rings. The number of hydrogen-bond acceptors (Lipinski definition) is 3. The first kappa shape index (κ1) is 19.8. The van der Waals surface area contributed by atoms with E-state index in [4.69, 9.17) is 9.47 Å². The molecule has 0 heterocycles. The lowest BCUT2D eigenvalue weighted by Crippen LogP contribution is -2.46. The van der Waals surface area contributed by atoms with Crippen LogP contribution in [-0.2, 0) is 17.8 Å². The van der Waals surface area contributed by atoms with E-state index in [-0.39, 0.29) is 11.5 Å². The molecule has 5 rings (SSSR count). The lowest BCUT2D eigenvalue weighted by molar-refractivity contribution is -0.155. The Morgan fingerprint density at radius 2 is 1.93 bits per heavy atom. The molecule has 0 amide bonds. The van der Waals surface area contributed by atoms with E-state index < -0.39 is 6.29 Å². The van der Waals surface area contributed by atoms with Crippen LogP contribution in [0.4, 0.5) is 0 Å². The molecule has 3 nitrogen and oxygen atoms in total. The first-order valence-electron chi connectivity index (χ1n) is 11.4. The molecule has 3 aliphatic carbocycles. The van der Waals surface area contributed by atoms with E-state index in [0.717, 1.165) is 18.6 Å². The van der Waals surface area contributed by atoms with Crippen LogP contribution < -0.4 is 4.74 Å². The Morgan fingerprint density at radius 1 is 1.10 bits per heavy atom. The van der Waals surface area contributed by atoms with E-state index in [9.17, 15) is 5.11 Å². The summed E-state index contributed by atoms with van der Waals surface area (Å²) in [5.41, 5.74) is 4.29. The first-order valence-corrected chi connectivity index (χ1v) is 11.4. The van der Waals surface area contributed by atoms with Gasteiger partial charge in [-0.1, -0.05) is 55.5 Å². The largest absolute Gasteiger partial charge is 0.489 e. The van der Waals surface area contributed by atoms with E-state index in [1.165, 1.54) is 29.5 Å². The molecule has 1 N–H and O–H groups in total. The molecule has 3 aliphatic rings. The lowest BCUT2D eigenvalue weighted by Gasteiger charge is -2.50. The van der Waals surface area contributed by atoms with Crippen LogP contribution >= 0.6 is 0 Å². The van der Waals surface area contributed by atoms with Crippen LogP contribution in [0.2, 0.25) is 0 Å². The maximum atomic E-state index is 9.75. The number of allylic oxidation sites excluding steroid dienone is 1. The average molecular weight is 405 g/mol. The molecule has 6 unspecified atom stereocenters. The highest BCUT2D eigenvalue weighted by Crippen LogP contribution is 2.59. The summed E-state index contributed by atoms with van der Waals surface area (Å²) < 4.78 is 11.9. The van der Waals surface area contributed by atoms with Crippen LogP contribution in [0.1, 0.15) is 55.7 Å². The minimum absolute atomic E-state index is 0.0265. The topological polar surface area (TPSA) is 38.7 Å². The summed E-state index contributed by atoms with van der Waals surface area (Å²) in [7, 11) is 0. The van der Waals surface area contributed by atoms with E-state index in [0.29, 0.717) is 24.4 Å². The molecule has 0 spiro atoms. The number of benzene rings is 2. The van der Waals surface area contributed by atoms with Gasteiger partial charge < -0.3 is 14.6 Å². The van der Waals surface area contributed by atoms with Gasteiger partial charge in [0.15, 0.2) is 6.29 Å². The van der Waals surface area contributed by atoms with Crippen LogP contribution in [0.15, 0.2) is 60.7 Å². The fourth-order valence-corrected chi connectivity index (χ4v) is 6.21. The molecule has 2 aromatic carbocycles. The molecular weight excluding hydrogens is 372 g/mol. The Labute approximate surface area is 179 Å². The van der Waals surface area contributed by atoms with Crippen molar-refractivity contribution in [3.63, 3.8) is 0 Å². The Kier molecular flexibility index (Phi) is 5.20. The first-order chi connectivity index (χ1) is 14.5. The fraction of sp³-hybridized carbons (Fsp3) is 0.481. The number of fused-ring (bicyclic) bond motifs is 5. The van der Waals surface area contributed by atoms with Gasteiger partial charge in [0, 0.05) is 5.41 Å². The average Bonchev–Trinajstić information content (AvgIpc) is 3.08. The third-order valence-electron chi connectivity index (χ3n) is 7.73. The van der Waals surface area contributed by atoms with Crippen molar-refractivity contribution >= 4 is 0 Å². The highest BCUT2D eigenvalue weighted by Gasteiger charge is 2.53. The summed E-state index contributed by atoms with van der Waals surface area (Å²) in [6.45, 7) is 4.68. The Bertz CT molecular complexity index is 919. The van der Waals surface area contributed by atoms with E-state index in [1.54, 1.807) is 6.92 Å². The van der Waals surface area contributed by atoms with Crippen LogP contribution in [0.3, 0.4) is 0 Å². The second-order valence-electron chi connectivity index (χ2n) is 9.56. The van der Waals surface area contributed by atoms with Gasteiger partial charge in [-0.05, 0) is 79.2 Å². The second-order valence-corrected chi connectivity index (χ2v) is 9.56. The molecule has 0 aliphatic heterocycles. The Hall–Kier alpha value is -2.10. The lowest BCUT2D eigenvalue weighted by atomic mass is 9.55. The molecule has 0 bridgehead atoms. The number of ether oxygens (including phenoxy) is 2. The van der Waals surface area contributed by atoms with Gasteiger partial charge in [-0.15, -0.1) is 0 Å². The van der Waals surface area contributed by atoms with Gasteiger partial charge in [0.25, 0.3) is 0 Å². The zero-order valence-corrected chi connectivity index (χ0v) is 18.0. The summed E-state index contributed by atoms with van der Waals surface area (Å²) in [6.07, 6.45) is 8.55. The summed E-state index contributed by atoms with van der Waals surface area (Å²) in [5.74, 6) is 2.78. The van der Waals surface area contributed by atoms with Crippen LogP contribution in [0, 0.1) is 17.3 Å². The summed E-state index contributed by atoms with van der Waals surface area (Å²) in [5, 5.41) is 9.75. The van der Waals surface area contributed by atoms with Crippen molar-refractivity contribution in [2.75, 3.05) is 0 Å². The monoisotopic (exact) mass is 404 g/mol. The fourth-order valence-electron chi connectivity index (χ4n) is 6.21. The van der Waals surface area contributed by atoms with Crippen LogP contribution in [0.5, 0.6) is 5.75 Å². The quantitative estimate of drug-likeness (QED) is 0.519. The van der Waals surface area contributed by atoms with Crippen molar-refractivity contribution in [2.45, 2.75) is 64.4 Å².